The highest BCUT2D eigenvalue weighted by atomic mass is 32.2. The highest BCUT2D eigenvalue weighted by Gasteiger charge is 2.38. The zero-order valence-electron chi connectivity index (χ0n) is 11.6. The van der Waals surface area contributed by atoms with E-state index in [0.717, 1.165) is 24.3 Å². The third-order valence-corrected chi connectivity index (χ3v) is 5.76. The lowest BCUT2D eigenvalue weighted by molar-refractivity contribution is 0.181. The lowest BCUT2D eigenvalue weighted by Crippen LogP contribution is -2.43. The van der Waals surface area contributed by atoms with Crippen molar-refractivity contribution in [3.63, 3.8) is 0 Å². The number of thioether (sulfide) groups is 1. The molecule has 1 amide bonds. The Bertz CT molecular complexity index is 567. The van der Waals surface area contributed by atoms with Crippen molar-refractivity contribution in [1.82, 2.24) is 0 Å². The molecule has 2 atom stereocenters. The van der Waals surface area contributed by atoms with Gasteiger partial charge < -0.3 is 9.64 Å². The summed E-state index contributed by atoms with van der Waals surface area (Å²) in [5.41, 5.74) is 1.26. The molecule has 1 aromatic rings. The summed E-state index contributed by atoms with van der Waals surface area (Å²) in [6.45, 7) is 0.860. The molecule has 2 unspecified atom stereocenters. The Morgan fingerprint density at radius 1 is 1.24 bits per heavy atom. The van der Waals surface area contributed by atoms with Crippen molar-refractivity contribution in [3.8, 4) is 0 Å². The lowest BCUT2D eigenvalue weighted by Gasteiger charge is -2.36. The van der Waals surface area contributed by atoms with E-state index in [4.69, 9.17) is 4.74 Å². The predicted molar refractivity (Wildman–Crippen MR) is 81.7 cm³/mol. The largest absolute Gasteiger partial charge is 0.447 e. The molecule has 1 aromatic carbocycles. The molecule has 4 rings (SSSR count). The van der Waals surface area contributed by atoms with Crippen LogP contribution >= 0.6 is 11.8 Å². The zero-order chi connectivity index (χ0) is 14.4. The number of hydrogen-bond acceptors (Lipinski definition) is 4. The Kier molecular flexibility index (Phi) is 3.21. The van der Waals surface area contributed by atoms with Crippen LogP contribution in [0.3, 0.4) is 0 Å². The molecule has 3 saturated heterocycles. The van der Waals surface area contributed by atoms with Crippen LogP contribution in [-0.2, 0) is 4.74 Å². The second kappa shape index (κ2) is 5.09. The third kappa shape index (κ3) is 2.16. The van der Waals surface area contributed by atoms with Gasteiger partial charge in [-0.25, -0.2) is 9.18 Å². The number of ether oxygens (including phenoxy) is 1. The Morgan fingerprint density at radius 2 is 2.00 bits per heavy atom. The number of halogens is 1. The minimum Gasteiger partial charge on any atom is -0.447 e. The van der Waals surface area contributed by atoms with E-state index in [1.54, 1.807) is 0 Å². The summed E-state index contributed by atoms with van der Waals surface area (Å²) in [5.74, 6) is 1.92. The van der Waals surface area contributed by atoms with Crippen LogP contribution in [0.2, 0.25) is 0 Å². The standard InChI is InChI=1S/C15H17FN2O2S/c16-13-7-10(17-5-6-20-15(17)19)3-4-14(13)18-11-1-2-12(18)9-21-8-11/h3-4,7,11-12H,1-2,5-6,8-9H2. The van der Waals surface area contributed by atoms with Gasteiger partial charge >= 0.3 is 6.09 Å². The highest BCUT2D eigenvalue weighted by Crippen LogP contribution is 2.39. The number of nitrogens with zero attached hydrogens (tertiary/aromatic N) is 2. The number of benzene rings is 1. The van der Waals surface area contributed by atoms with Crippen molar-refractivity contribution < 1.29 is 13.9 Å². The lowest BCUT2D eigenvalue weighted by atomic mass is 10.2. The van der Waals surface area contributed by atoms with Gasteiger partial charge in [0.1, 0.15) is 12.4 Å². The number of anilines is 2. The molecule has 2 bridgehead atoms. The maximum atomic E-state index is 14.6. The molecule has 3 aliphatic rings. The van der Waals surface area contributed by atoms with E-state index in [2.05, 4.69) is 4.90 Å². The van der Waals surface area contributed by atoms with Gasteiger partial charge in [0.05, 0.1) is 17.9 Å². The normalized spacial score (nSPS) is 28.1. The van der Waals surface area contributed by atoms with Crippen LogP contribution in [0, 0.1) is 5.82 Å². The smallest absolute Gasteiger partial charge is 0.414 e. The van der Waals surface area contributed by atoms with Crippen LogP contribution in [-0.4, -0.2) is 42.8 Å². The molecule has 0 aromatic heterocycles. The average molecular weight is 308 g/mol. The molecule has 0 N–H and O–H groups in total. The summed E-state index contributed by atoms with van der Waals surface area (Å²) in [7, 11) is 0. The van der Waals surface area contributed by atoms with Crippen LogP contribution in [0.1, 0.15) is 12.8 Å². The van der Waals surface area contributed by atoms with Gasteiger partial charge in [-0.1, -0.05) is 0 Å². The van der Waals surface area contributed by atoms with Crippen LogP contribution in [0.4, 0.5) is 20.6 Å². The molecule has 0 aliphatic carbocycles. The van der Waals surface area contributed by atoms with E-state index in [9.17, 15) is 9.18 Å². The van der Waals surface area contributed by atoms with Crippen molar-refractivity contribution in [2.75, 3.05) is 34.5 Å². The Labute approximate surface area is 127 Å². The van der Waals surface area contributed by atoms with Gasteiger partial charge in [0.25, 0.3) is 0 Å². The molecule has 0 radical (unpaired) electrons. The summed E-state index contributed by atoms with van der Waals surface area (Å²) in [5, 5.41) is 0. The SMILES string of the molecule is O=C1OCCN1c1ccc(N2C3CCC2CSC3)c(F)c1. The van der Waals surface area contributed by atoms with Crippen LogP contribution < -0.4 is 9.80 Å². The number of amides is 1. The molecule has 3 fully saturated rings. The maximum absolute atomic E-state index is 14.6. The Hall–Kier alpha value is -1.43. The number of hydrogen-bond donors (Lipinski definition) is 0. The molecule has 112 valence electrons. The second-order valence-corrected chi connectivity index (χ2v) is 6.81. The van der Waals surface area contributed by atoms with Gasteiger partial charge in [-0.2, -0.15) is 11.8 Å². The van der Waals surface area contributed by atoms with Crippen molar-refractivity contribution in [2.24, 2.45) is 0 Å². The maximum Gasteiger partial charge on any atom is 0.414 e. The van der Waals surface area contributed by atoms with Gasteiger partial charge in [0.15, 0.2) is 0 Å². The summed E-state index contributed by atoms with van der Waals surface area (Å²) in [4.78, 5) is 15.3. The first-order valence-electron chi connectivity index (χ1n) is 7.34. The highest BCUT2D eigenvalue weighted by molar-refractivity contribution is 7.99. The fraction of sp³-hybridized carbons (Fsp3) is 0.533. The minimum atomic E-state index is -0.392. The van der Waals surface area contributed by atoms with Gasteiger partial charge in [-0.3, -0.25) is 4.90 Å². The van der Waals surface area contributed by atoms with Crippen LogP contribution in [0.5, 0.6) is 0 Å². The average Bonchev–Trinajstić information content (AvgIpc) is 3.00. The quantitative estimate of drug-likeness (QED) is 0.841. The second-order valence-electron chi connectivity index (χ2n) is 5.73. The first-order valence-corrected chi connectivity index (χ1v) is 8.49. The van der Waals surface area contributed by atoms with Gasteiger partial charge in [-0.05, 0) is 31.0 Å². The van der Waals surface area contributed by atoms with Gasteiger partial charge in [0, 0.05) is 23.6 Å². The molecular weight excluding hydrogens is 291 g/mol. The fourth-order valence-corrected chi connectivity index (χ4v) is 4.86. The van der Waals surface area contributed by atoms with Gasteiger partial charge in [0.2, 0.25) is 0 Å². The number of rotatable bonds is 2. The summed E-state index contributed by atoms with van der Waals surface area (Å²) in [6, 6.07) is 6.00. The van der Waals surface area contributed by atoms with E-state index in [1.807, 2.05) is 23.9 Å². The number of fused-ring (bicyclic) bond motifs is 2. The molecule has 21 heavy (non-hydrogen) atoms. The zero-order valence-corrected chi connectivity index (χ0v) is 12.4. The first-order chi connectivity index (χ1) is 10.2. The third-order valence-electron chi connectivity index (χ3n) is 4.52. The van der Waals surface area contributed by atoms with Gasteiger partial charge in [-0.15, -0.1) is 0 Å². The molecule has 3 aliphatic heterocycles. The predicted octanol–water partition coefficient (Wildman–Crippen LogP) is 2.87. The van der Waals surface area contributed by atoms with E-state index in [0.29, 0.717) is 36.6 Å². The summed E-state index contributed by atoms with van der Waals surface area (Å²) in [6.07, 6.45) is 1.91. The number of carbonyl (C=O) groups is 1. The fourth-order valence-electron chi connectivity index (χ4n) is 3.52. The van der Waals surface area contributed by atoms with Crippen molar-refractivity contribution >= 4 is 29.2 Å². The summed E-state index contributed by atoms with van der Waals surface area (Å²) < 4.78 is 19.5. The Morgan fingerprint density at radius 3 is 2.62 bits per heavy atom. The summed E-state index contributed by atoms with van der Waals surface area (Å²) >= 11 is 1.97. The van der Waals surface area contributed by atoms with Crippen LogP contribution in [0.15, 0.2) is 18.2 Å². The molecule has 4 nitrogen and oxygen atoms in total. The van der Waals surface area contributed by atoms with Crippen molar-refractivity contribution in [3.05, 3.63) is 24.0 Å². The number of carbonyl (C=O) groups excluding carboxylic acids is 1. The molecule has 6 heteroatoms. The minimum absolute atomic E-state index is 0.240. The Balaban J connectivity index is 1.64. The topological polar surface area (TPSA) is 32.8 Å². The van der Waals surface area contributed by atoms with Crippen molar-refractivity contribution in [2.45, 2.75) is 24.9 Å². The van der Waals surface area contributed by atoms with Crippen LogP contribution in [0.25, 0.3) is 0 Å². The first kappa shape index (κ1) is 13.2. The molecule has 0 saturated carbocycles. The molecule has 0 spiro atoms. The van der Waals surface area contributed by atoms with E-state index in [1.165, 1.54) is 11.0 Å². The molecular formula is C15H17FN2O2S. The van der Waals surface area contributed by atoms with E-state index < -0.39 is 6.09 Å². The molecule has 3 heterocycles. The number of cyclic esters (lactones) is 1. The van der Waals surface area contributed by atoms with Crippen molar-refractivity contribution in [1.29, 1.82) is 0 Å². The van der Waals surface area contributed by atoms with E-state index >= 15 is 0 Å². The van der Waals surface area contributed by atoms with E-state index in [-0.39, 0.29) is 5.82 Å². The monoisotopic (exact) mass is 308 g/mol.